The summed E-state index contributed by atoms with van der Waals surface area (Å²) in [5, 5.41) is 9.89. The number of ether oxygens (including phenoxy) is 2. The molecule has 0 aliphatic carbocycles. The SMILES string of the molecule is CCCCCCCCCCCCCCCCCC(=O)OC[C@H](O)COC(=O)CCCCCCCCC. The van der Waals surface area contributed by atoms with Crippen LogP contribution in [0.1, 0.15) is 168 Å². The van der Waals surface area contributed by atoms with E-state index in [1.54, 1.807) is 0 Å². The highest BCUT2D eigenvalue weighted by molar-refractivity contribution is 5.69. The molecule has 36 heavy (non-hydrogen) atoms. The van der Waals surface area contributed by atoms with E-state index in [9.17, 15) is 14.7 Å². The zero-order valence-electron chi connectivity index (χ0n) is 24.0. The van der Waals surface area contributed by atoms with Gasteiger partial charge in [-0.15, -0.1) is 0 Å². The molecule has 1 N–H and O–H groups in total. The lowest BCUT2D eigenvalue weighted by Gasteiger charge is -2.12. The molecule has 0 fully saturated rings. The maximum atomic E-state index is 11.8. The lowest BCUT2D eigenvalue weighted by molar-refractivity contribution is -0.152. The van der Waals surface area contributed by atoms with Gasteiger partial charge in [-0.1, -0.05) is 142 Å². The van der Waals surface area contributed by atoms with Crippen LogP contribution in [0.2, 0.25) is 0 Å². The van der Waals surface area contributed by atoms with Gasteiger partial charge in [0, 0.05) is 12.8 Å². The minimum absolute atomic E-state index is 0.109. The van der Waals surface area contributed by atoms with Crippen LogP contribution in [0.5, 0.6) is 0 Å². The average molecular weight is 513 g/mol. The third kappa shape index (κ3) is 27.5. The van der Waals surface area contributed by atoms with Gasteiger partial charge in [-0.3, -0.25) is 9.59 Å². The summed E-state index contributed by atoms with van der Waals surface area (Å²) in [4.78, 5) is 23.6. The van der Waals surface area contributed by atoms with Gasteiger partial charge in [0.15, 0.2) is 0 Å². The van der Waals surface area contributed by atoms with Crippen LogP contribution in [0.4, 0.5) is 0 Å². The summed E-state index contributed by atoms with van der Waals surface area (Å²) in [6.45, 7) is 4.25. The van der Waals surface area contributed by atoms with E-state index in [1.807, 2.05) is 0 Å². The number of hydrogen-bond donors (Lipinski definition) is 1. The van der Waals surface area contributed by atoms with Gasteiger partial charge in [-0.25, -0.2) is 0 Å². The second-order valence-electron chi connectivity index (χ2n) is 10.6. The maximum absolute atomic E-state index is 11.8. The van der Waals surface area contributed by atoms with Crippen molar-refractivity contribution in [2.75, 3.05) is 13.2 Å². The molecule has 0 rings (SSSR count). The third-order valence-corrected chi connectivity index (χ3v) is 6.84. The fraction of sp³-hybridized carbons (Fsp3) is 0.935. The molecule has 5 nitrogen and oxygen atoms in total. The number of carbonyl (C=O) groups is 2. The summed E-state index contributed by atoms with van der Waals surface area (Å²) in [7, 11) is 0. The molecule has 0 saturated carbocycles. The Labute approximate surface area is 223 Å². The Hall–Kier alpha value is -1.10. The molecule has 5 heteroatoms. The zero-order chi connectivity index (χ0) is 26.5. The van der Waals surface area contributed by atoms with Crippen LogP contribution in [0.3, 0.4) is 0 Å². The van der Waals surface area contributed by atoms with Crippen LogP contribution in [0.15, 0.2) is 0 Å². The number of hydrogen-bond acceptors (Lipinski definition) is 5. The summed E-state index contributed by atoms with van der Waals surface area (Å²) in [6, 6.07) is 0. The van der Waals surface area contributed by atoms with E-state index in [2.05, 4.69) is 13.8 Å². The number of rotatable bonds is 28. The van der Waals surface area contributed by atoms with Crippen molar-refractivity contribution in [3.05, 3.63) is 0 Å². The van der Waals surface area contributed by atoms with Crippen molar-refractivity contribution in [2.24, 2.45) is 0 Å². The molecule has 0 aromatic carbocycles. The van der Waals surface area contributed by atoms with Gasteiger partial charge in [-0.2, -0.15) is 0 Å². The van der Waals surface area contributed by atoms with E-state index in [0.29, 0.717) is 12.8 Å². The van der Waals surface area contributed by atoms with Crippen molar-refractivity contribution in [2.45, 2.75) is 174 Å². The van der Waals surface area contributed by atoms with E-state index in [-0.39, 0.29) is 25.2 Å². The second kappa shape index (κ2) is 28.5. The van der Waals surface area contributed by atoms with E-state index < -0.39 is 6.10 Å². The third-order valence-electron chi connectivity index (χ3n) is 6.84. The molecule has 0 radical (unpaired) electrons. The van der Waals surface area contributed by atoms with E-state index in [4.69, 9.17) is 9.47 Å². The minimum atomic E-state index is -0.951. The normalized spacial score (nSPS) is 12.0. The van der Waals surface area contributed by atoms with E-state index >= 15 is 0 Å². The zero-order valence-corrected chi connectivity index (χ0v) is 24.0. The van der Waals surface area contributed by atoms with Crippen LogP contribution in [-0.2, 0) is 19.1 Å². The van der Waals surface area contributed by atoms with Crippen molar-refractivity contribution in [1.29, 1.82) is 0 Å². The van der Waals surface area contributed by atoms with Crippen LogP contribution in [-0.4, -0.2) is 36.4 Å². The van der Waals surface area contributed by atoms with Gasteiger partial charge in [0.25, 0.3) is 0 Å². The van der Waals surface area contributed by atoms with Gasteiger partial charge in [-0.05, 0) is 12.8 Å². The molecule has 0 bridgehead atoms. The number of aliphatic hydroxyl groups is 1. The Bertz CT molecular complexity index is 480. The Morgan fingerprint density at radius 2 is 0.722 bits per heavy atom. The molecule has 0 aromatic rings. The van der Waals surface area contributed by atoms with Crippen LogP contribution in [0.25, 0.3) is 0 Å². The van der Waals surface area contributed by atoms with Crippen LogP contribution in [0, 0.1) is 0 Å². The molecule has 0 aromatic heterocycles. The summed E-state index contributed by atoms with van der Waals surface area (Å²) in [5.41, 5.74) is 0. The molecule has 0 aliphatic rings. The van der Waals surface area contributed by atoms with Gasteiger partial charge in [0.05, 0.1) is 0 Å². The van der Waals surface area contributed by atoms with Crippen LogP contribution < -0.4 is 0 Å². The first kappa shape index (κ1) is 34.9. The quantitative estimate of drug-likeness (QED) is 0.0837. The van der Waals surface area contributed by atoms with Gasteiger partial charge in [0.2, 0.25) is 0 Å². The lowest BCUT2D eigenvalue weighted by Crippen LogP contribution is -2.25. The maximum Gasteiger partial charge on any atom is 0.305 e. The summed E-state index contributed by atoms with van der Waals surface area (Å²) in [6.07, 6.45) is 27.3. The second-order valence-corrected chi connectivity index (χ2v) is 10.6. The molecular formula is C31H60O5. The Morgan fingerprint density at radius 3 is 1.00 bits per heavy atom. The standard InChI is InChI=1S/C31H60O5/c1-3-5-7-9-11-12-13-14-15-16-17-18-20-22-24-26-31(34)36-28-29(32)27-35-30(33)25-23-21-19-10-8-6-4-2/h29,32H,3-28H2,1-2H3/t29-/m1/s1. The Balaban J connectivity index is 3.38. The number of unbranched alkanes of at least 4 members (excludes halogenated alkanes) is 20. The minimum Gasteiger partial charge on any atom is -0.463 e. The summed E-state index contributed by atoms with van der Waals surface area (Å²) in [5.74, 6) is -0.565. The summed E-state index contributed by atoms with van der Waals surface area (Å²) < 4.78 is 10.2. The Kier molecular flexibility index (Phi) is 27.6. The fourth-order valence-electron chi connectivity index (χ4n) is 4.44. The van der Waals surface area contributed by atoms with Gasteiger partial charge >= 0.3 is 11.9 Å². The first-order valence-electron chi connectivity index (χ1n) is 15.6. The van der Waals surface area contributed by atoms with Crippen molar-refractivity contribution < 1.29 is 24.2 Å². The van der Waals surface area contributed by atoms with Crippen molar-refractivity contribution in [3.63, 3.8) is 0 Å². The molecule has 0 heterocycles. The molecule has 0 spiro atoms. The van der Waals surface area contributed by atoms with Gasteiger partial charge < -0.3 is 14.6 Å². The van der Waals surface area contributed by atoms with E-state index in [0.717, 1.165) is 32.1 Å². The monoisotopic (exact) mass is 512 g/mol. The molecule has 214 valence electrons. The Morgan fingerprint density at radius 1 is 0.472 bits per heavy atom. The largest absolute Gasteiger partial charge is 0.463 e. The molecule has 0 saturated heterocycles. The number of aliphatic hydroxyl groups excluding tert-OH is 1. The number of carbonyl (C=O) groups excluding carboxylic acids is 2. The molecule has 0 amide bonds. The molecule has 0 aliphatic heterocycles. The lowest BCUT2D eigenvalue weighted by atomic mass is 10.0. The first-order valence-corrected chi connectivity index (χ1v) is 15.6. The average Bonchev–Trinajstić information content (AvgIpc) is 2.88. The highest BCUT2D eigenvalue weighted by Crippen LogP contribution is 2.14. The van der Waals surface area contributed by atoms with Crippen molar-refractivity contribution >= 4 is 11.9 Å². The highest BCUT2D eigenvalue weighted by atomic mass is 16.6. The van der Waals surface area contributed by atoms with Crippen molar-refractivity contribution in [1.82, 2.24) is 0 Å². The molecule has 1 atom stereocenters. The molecular weight excluding hydrogens is 452 g/mol. The molecule has 0 unspecified atom stereocenters. The van der Waals surface area contributed by atoms with Crippen LogP contribution >= 0.6 is 0 Å². The topological polar surface area (TPSA) is 72.8 Å². The predicted octanol–water partition coefficient (Wildman–Crippen LogP) is 8.84. The highest BCUT2D eigenvalue weighted by Gasteiger charge is 2.12. The van der Waals surface area contributed by atoms with Crippen molar-refractivity contribution in [3.8, 4) is 0 Å². The number of esters is 2. The predicted molar refractivity (Wildman–Crippen MR) is 150 cm³/mol. The first-order chi connectivity index (χ1) is 17.6. The fourth-order valence-corrected chi connectivity index (χ4v) is 4.44. The van der Waals surface area contributed by atoms with Gasteiger partial charge in [0.1, 0.15) is 19.3 Å². The van der Waals surface area contributed by atoms with E-state index in [1.165, 1.54) is 109 Å². The smallest absolute Gasteiger partial charge is 0.305 e. The summed E-state index contributed by atoms with van der Waals surface area (Å²) >= 11 is 0.